The second-order valence-electron chi connectivity index (χ2n) is 6.25. The Morgan fingerprint density at radius 3 is 2.44 bits per heavy atom. The van der Waals surface area contributed by atoms with Gasteiger partial charge in [-0.15, -0.1) is 0 Å². The Morgan fingerprint density at radius 1 is 1.07 bits per heavy atom. The summed E-state index contributed by atoms with van der Waals surface area (Å²) in [4.78, 5) is 12.4. The molecule has 2 aromatic carbocycles. The van der Waals surface area contributed by atoms with Crippen LogP contribution < -0.4 is 5.32 Å². The number of anilines is 1. The number of carbonyl (C=O) groups excluding carboxylic acids is 1. The normalized spacial score (nSPS) is 11.4. The van der Waals surface area contributed by atoms with Crippen LogP contribution in [0.2, 0.25) is 0 Å². The predicted octanol–water partition coefficient (Wildman–Crippen LogP) is 4.69. The average Bonchev–Trinajstić information content (AvgIpc) is 2.96. The third kappa shape index (κ3) is 4.19. The summed E-state index contributed by atoms with van der Waals surface area (Å²) < 4.78 is 41.1. The highest BCUT2D eigenvalue weighted by atomic mass is 19.4. The second-order valence-corrected chi connectivity index (χ2v) is 6.25. The summed E-state index contributed by atoms with van der Waals surface area (Å²) >= 11 is 0. The zero-order chi connectivity index (χ0) is 19.6. The Kier molecular flexibility index (Phi) is 5.03. The Hall–Kier alpha value is -3.09. The summed E-state index contributed by atoms with van der Waals surface area (Å²) in [5.74, 6) is -0.127. The maximum atomic E-state index is 13.3. The summed E-state index contributed by atoms with van der Waals surface area (Å²) in [6.45, 7) is 3.56. The molecule has 140 valence electrons. The highest BCUT2D eigenvalue weighted by molar-refractivity contribution is 5.92. The molecule has 0 bridgehead atoms. The van der Waals surface area contributed by atoms with E-state index in [0.29, 0.717) is 5.69 Å². The second kappa shape index (κ2) is 7.26. The number of benzene rings is 2. The van der Waals surface area contributed by atoms with Crippen LogP contribution in [0.4, 0.5) is 19.0 Å². The van der Waals surface area contributed by atoms with Gasteiger partial charge in [-0.05, 0) is 37.1 Å². The Bertz CT molecular complexity index is 977. The van der Waals surface area contributed by atoms with Gasteiger partial charge in [0.1, 0.15) is 5.82 Å². The number of aryl methyl sites for hydroxylation is 2. The van der Waals surface area contributed by atoms with Crippen molar-refractivity contribution in [2.45, 2.75) is 26.4 Å². The van der Waals surface area contributed by atoms with Gasteiger partial charge in [-0.3, -0.25) is 4.79 Å². The van der Waals surface area contributed by atoms with E-state index in [1.165, 1.54) is 18.2 Å². The first-order valence-corrected chi connectivity index (χ1v) is 8.33. The van der Waals surface area contributed by atoms with E-state index in [2.05, 4.69) is 10.4 Å². The van der Waals surface area contributed by atoms with Crippen LogP contribution in [0.25, 0.3) is 5.69 Å². The Labute approximate surface area is 154 Å². The van der Waals surface area contributed by atoms with E-state index in [1.54, 1.807) is 13.0 Å². The number of alkyl halides is 3. The molecule has 0 fully saturated rings. The molecule has 0 atom stereocenters. The number of hydrogen-bond donors (Lipinski definition) is 1. The zero-order valence-electron chi connectivity index (χ0n) is 14.8. The van der Waals surface area contributed by atoms with Crippen molar-refractivity contribution in [2.75, 3.05) is 5.32 Å². The standard InChI is InChI=1S/C20H18F3N3O/c1-13-7-3-4-8-15(13)12-19(27)24-18-11-14(2)25-26(18)17-10-6-5-9-16(17)20(21,22)23/h3-11H,12H2,1-2H3,(H,24,27). The molecule has 0 aliphatic rings. The smallest absolute Gasteiger partial charge is 0.310 e. The van der Waals surface area contributed by atoms with Gasteiger partial charge in [0.25, 0.3) is 0 Å². The third-order valence-corrected chi connectivity index (χ3v) is 4.15. The summed E-state index contributed by atoms with van der Waals surface area (Å²) in [5.41, 5.74) is 1.37. The Balaban J connectivity index is 1.92. The number of nitrogens with zero attached hydrogens (tertiary/aromatic N) is 2. The van der Waals surface area contributed by atoms with E-state index in [9.17, 15) is 18.0 Å². The predicted molar refractivity (Wildman–Crippen MR) is 96.8 cm³/mol. The van der Waals surface area contributed by atoms with Gasteiger partial charge in [0, 0.05) is 6.07 Å². The molecule has 0 saturated heterocycles. The first-order chi connectivity index (χ1) is 12.8. The summed E-state index contributed by atoms with van der Waals surface area (Å²) in [7, 11) is 0. The van der Waals surface area contributed by atoms with Gasteiger partial charge in [-0.2, -0.15) is 18.3 Å². The van der Waals surface area contributed by atoms with Gasteiger partial charge in [-0.1, -0.05) is 36.4 Å². The van der Waals surface area contributed by atoms with E-state index < -0.39 is 11.7 Å². The number of hydrogen-bond acceptors (Lipinski definition) is 2. The molecule has 1 aromatic heterocycles. The van der Waals surface area contributed by atoms with Gasteiger partial charge < -0.3 is 5.32 Å². The van der Waals surface area contributed by atoms with E-state index >= 15 is 0 Å². The van der Waals surface area contributed by atoms with Gasteiger partial charge >= 0.3 is 6.18 Å². The fraction of sp³-hybridized carbons (Fsp3) is 0.200. The number of amides is 1. The van der Waals surface area contributed by atoms with Crippen molar-refractivity contribution in [3.8, 4) is 5.69 Å². The van der Waals surface area contributed by atoms with Crippen LogP contribution in [0.5, 0.6) is 0 Å². The van der Waals surface area contributed by atoms with E-state index in [1.807, 2.05) is 31.2 Å². The number of halogens is 3. The molecule has 0 aliphatic carbocycles. The van der Waals surface area contributed by atoms with Crippen molar-refractivity contribution in [3.63, 3.8) is 0 Å². The quantitative estimate of drug-likeness (QED) is 0.721. The Morgan fingerprint density at radius 2 is 1.74 bits per heavy atom. The van der Waals surface area contributed by atoms with Crippen LogP contribution in [0, 0.1) is 13.8 Å². The first-order valence-electron chi connectivity index (χ1n) is 8.33. The average molecular weight is 373 g/mol. The number of aromatic nitrogens is 2. The molecule has 0 aliphatic heterocycles. The van der Waals surface area contributed by atoms with Crippen molar-refractivity contribution >= 4 is 11.7 Å². The number of carbonyl (C=O) groups is 1. The van der Waals surface area contributed by atoms with Crippen molar-refractivity contribution in [1.82, 2.24) is 9.78 Å². The molecular formula is C20H18F3N3O. The minimum atomic E-state index is -4.53. The minimum absolute atomic E-state index is 0.123. The lowest BCUT2D eigenvalue weighted by Crippen LogP contribution is -2.19. The third-order valence-electron chi connectivity index (χ3n) is 4.15. The van der Waals surface area contributed by atoms with Gasteiger partial charge in [0.15, 0.2) is 0 Å². The van der Waals surface area contributed by atoms with E-state index in [-0.39, 0.29) is 23.8 Å². The summed E-state index contributed by atoms with van der Waals surface area (Å²) in [6.07, 6.45) is -4.41. The summed E-state index contributed by atoms with van der Waals surface area (Å²) in [5, 5.41) is 6.81. The molecule has 0 unspecified atom stereocenters. The van der Waals surface area contributed by atoms with Crippen molar-refractivity contribution in [3.05, 3.63) is 77.0 Å². The van der Waals surface area contributed by atoms with Crippen molar-refractivity contribution in [1.29, 1.82) is 0 Å². The fourth-order valence-electron chi connectivity index (χ4n) is 2.84. The largest absolute Gasteiger partial charge is 0.418 e. The molecule has 7 heteroatoms. The van der Waals surface area contributed by atoms with Crippen LogP contribution in [0.1, 0.15) is 22.4 Å². The van der Waals surface area contributed by atoms with Crippen LogP contribution in [-0.4, -0.2) is 15.7 Å². The maximum absolute atomic E-state index is 13.3. The lowest BCUT2D eigenvalue weighted by molar-refractivity contribution is -0.137. The van der Waals surface area contributed by atoms with Crippen molar-refractivity contribution < 1.29 is 18.0 Å². The highest BCUT2D eigenvalue weighted by Crippen LogP contribution is 2.34. The number of para-hydroxylation sites is 1. The lowest BCUT2D eigenvalue weighted by Gasteiger charge is -2.15. The zero-order valence-corrected chi connectivity index (χ0v) is 14.8. The minimum Gasteiger partial charge on any atom is -0.310 e. The molecule has 4 nitrogen and oxygen atoms in total. The van der Waals surface area contributed by atoms with E-state index in [4.69, 9.17) is 0 Å². The van der Waals surface area contributed by atoms with E-state index in [0.717, 1.165) is 21.9 Å². The van der Waals surface area contributed by atoms with Gasteiger partial charge in [-0.25, -0.2) is 4.68 Å². The van der Waals surface area contributed by atoms with Gasteiger partial charge in [0.2, 0.25) is 5.91 Å². The SMILES string of the molecule is Cc1cc(NC(=O)Cc2ccccc2C)n(-c2ccccc2C(F)(F)F)n1. The number of rotatable bonds is 4. The monoisotopic (exact) mass is 373 g/mol. The number of nitrogens with one attached hydrogen (secondary N) is 1. The van der Waals surface area contributed by atoms with Crippen LogP contribution in [-0.2, 0) is 17.4 Å². The molecule has 0 spiro atoms. The van der Waals surface area contributed by atoms with Crippen molar-refractivity contribution in [2.24, 2.45) is 0 Å². The molecule has 27 heavy (non-hydrogen) atoms. The molecule has 3 aromatic rings. The molecular weight excluding hydrogens is 355 g/mol. The highest BCUT2D eigenvalue weighted by Gasteiger charge is 2.34. The molecule has 1 heterocycles. The maximum Gasteiger partial charge on any atom is 0.418 e. The molecule has 1 amide bonds. The first kappa shape index (κ1) is 18.7. The van der Waals surface area contributed by atoms with Crippen LogP contribution >= 0.6 is 0 Å². The van der Waals surface area contributed by atoms with Gasteiger partial charge in [0.05, 0.1) is 23.4 Å². The fourth-order valence-corrected chi connectivity index (χ4v) is 2.84. The molecule has 0 radical (unpaired) electrons. The van der Waals surface area contributed by atoms with Crippen LogP contribution in [0.3, 0.4) is 0 Å². The molecule has 0 saturated carbocycles. The topological polar surface area (TPSA) is 46.9 Å². The summed E-state index contributed by atoms with van der Waals surface area (Å²) in [6, 6.07) is 14.1. The molecule has 1 N–H and O–H groups in total. The van der Waals surface area contributed by atoms with Crippen LogP contribution in [0.15, 0.2) is 54.6 Å². The lowest BCUT2D eigenvalue weighted by atomic mass is 10.1. The molecule has 3 rings (SSSR count).